The summed E-state index contributed by atoms with van der Waals surface area (Å²) in [5.74, 6) is 0.666. The highest BCUT2D eigenvalue weighted by Crippen LogP contribution is 2.26. The van der Waals surface area contributed by atoms with Gasteiger partial charge in [0.25, 0.3) is 0 Å². The summed E-state index contributed by atoms with van der Waals surface area (Å²) in [6.45, 7) is 3.58. The van der Waals surface area contributed by atoms with E-state index >= 15 is 0 Å². The van der Waals surface area contributed by atoms with Crippen molar-refractivity contribution in [1.82, 2.24) is 8.75 Å². The molecule has 1 fully saturated rings. The Kier molecular flexibility index (Phi) is 2.40. The van der Waals surface area contributed by atoms with Gasteiger partial charge in [-0.3, -0.25) is 0 Å². The molecule has 1 aliphatic rings. The molecule has 0 radical (unpaired) electrons. The fourth-order valence-corrected chi connectivity index (χ4v) is 1.95. The highest BCUT2D eigenvalue weighted by atomic mass is 35.5. The van der Waals surface area contributed by atoms with Crippen molar-refractivity contribution in [2.45, 2.75) is 18.9 Å². The summed E-state index contributed by atoms with van der Waals surface area (Å²) >= 11 is 6.93. The minimum absolute atomic E-state index is 0.0423. The van der Waals surface area contributed by atoms with Crippen molar-refractivity contribution in [2.24, 2.45) is 0 Å². The van der Waals surface area contributed by atoms with E-state index in [0.29, 0.717) is 17.6 Å². The molecule has 72 valence electrons. The quantitative estimate of drug-likeness (QED) is 0.824. The van der Waals surface area contributed by atoms with E-state index < -0.39 is 0 Å². The summed E-state index contributed by atoms with van der Waals surface area (Å²) < 4.78 is 13.2. The molecule has 6 heteroatoms. The van der Waals surface area contributed by atoms with Gasteiger partial charge in [0.15, 0.2) is 11.0 Å². The molecule has 13 heavy (non-hydrogen) atoms. The van der Waals surface area contributed by atoms with Crippen LogP contribution in [-0.4, -0.2) is 27.5 Å². The highest BCUT2D eigenvalue weighted by Gasteiger charge is 2.30. The molecule has 2 rings (SSSR count). The van der Waals surface area contributed by atoms with Crippen LogP contribution in [0.25, 0.3) is 0 Å². The summed E-state index contributed by atoms with van der Waals surface area (Å²) in [5.41, 5.74) is -0.0423. The van der Waals surface area contributed by atoms with E-state index in [1.54, 1.807) is 0 Å². The van der Waals surface area contributed by atoms with Crippen molar-refractivity contribution >= 4 is 29.1 Å². The minimum atomic E-state index is -0.0423. The number of rotatable bonds is 2. The number of ether oxygens (including phenoxy) is 1. The van der Waals surface area contributed by atoms with Crippen LogP contribution in [0.2, 0.25) is 5.15 Å². The van der Waals surface area contributed by atoms with Crippen LogP contribution in [0.5, 0.6) is 0 Å². The van der Waals surface area contributed by atoms with Crippen LogP contribution in [0.1, 0.15) is 13.3 Å². The Bertz CT molecular complexity index is 298. The molecule has 0 saturated carbocycles. The van der Waals surface area contributed by atoms with E-state index in [-0.39, 0.29) is 5.54 Å². The van der Waals surface area contributed by atoms with Crippen molar-refractivity contribution in [3.05, 3.63) is 5.15 Å². The third-order valence-electron chi connectivity index (χ3n) is 2.09. The second-order valence-electron chi connectivity index (χ2n) is 3.39. The molecular formula is C7H10ClN3OS. The Hall–Kier alpha value is -0.390. The maximum atomic E-state index is 5.81. The van der Waals surface area contributed by atoms with Gasteiger partial charge in [-0.15, -0.1) is 0 Å². The van der Waals surface area contributed by atoms with Crippen molar-refractivity contribution in [2.75, 3.05) is 18.5 Å². The maximum absolute atomic E-state index is 5.81. The first-order chi connectivity index (χ1) is 6.20. The topological polar surface area (TPSA) is 47.0 Å². The zero-order chi connectivity index (χ0) is 9.31. The summed E-state index contributed by atoms with van der Waals surface area (Å²) in [7, 11) is 0. The van der Waals surface area contributed by atoms with Crippen LogP contribution in [0, 0.1) is 0 Å². The van der Waals surface area contributed by atoms with Crippen LogP contribution in [0.15, 0.2) is 0 Å². The summed E-state index contributed by atoms with van der Waals surface area (Å²) in [6.07, 6.45) is 0.973. The normalized spacial score (nSPS) is 27.8. The molecule has 1 aliphatic heterocycles. The monoisotopic (exact) mass is 219 g/mol. The third-order valence-corrected chi connectivity index (χ3v) is 2.98. The SMILES string of the molecule is CC1(Nc2nsnc2Cl)CCOC1. The van der Waals surface area contributed by atoms with E-state index in [2.05, 4.69) is 21.0 Å². The second kappa shape index (κ2) is 3.40. The zero-order valence-electron chi connectivity index (χ0n) is 7.21. The Balaban J connectivity index is 2.09. The number of anilines is 1. The Labute approximate surface area is 85.6 Å². The Morgan fingerprint density at radius 3 is 3.00 bits per heavy atom. The van der Waals surface area contributed by atoms with Crippen molar-refractivity contribution in [3.63, 3.8) is 0 Å². The molecule has 1 unspecified atom stereocenters. The predicted octanol–water partition coefficient (Wildman–Crippen LogP) is 1.78. The molecule has 2 heterocycles. The lowest BCUT2D eigenvalue weighted by atomic mass is 10.0. The molecule has 0 amide bonds. The average Bonchev–Trinajstić information content (AvgIpc) is 2.64. The minimum Gasteiger partial charge on any atom is -0.379 e. The van der Waals surface area contributed by atoms with Gasteiger partial charge in [-0.2, -0.15) is 8.75 Å². The largest absolute Gasteiger partial charge is 0.379 e. The predicted molar refractivity (Wildman–Crippen MR) is 52.4 cm³/mol. The van der Waals surface area contributed by atoms with Gasteiger partial charge in [0.05, 0.1) is 23.9 Å². The van der Waals surface area contributed by atoms with Gasteiger partial charge in [0.2, 0.25) is 0 Å². The standard InChI is InChI=1S/C7H10ClN3OS/c1-7(2-3-12-4-7)9-6-5(8)10-13-11-6/h2-4H2,1H3,(H,9,11). The molecule has 0 bridgehead atoms. The molecule has 4 nitrogen and oxygen atoms in total. The Morgan fingerprint density at radius 1 is 1.62 bits per heavy atom. The second-order valence-corrected chi connectivity index (χ2v) is 4.28. The van der Waals surface area contributed by atoms with Gasteiger partial charge in [0, 0.05) is 6.61 Å². The number of hydrogen-bond donors (Lipinski definition) is 1. The van der Waals surface area contributed by atoms with Crippen LogP contribution in [0.3, 0.4) is 0 Å². The number of hydrogen-bond acceptors (Lipinski definition) is 5. The molecule has 0 aromatic carbocycles. The molecule has 0 aliphatic carbocycles. The van der Waals surface area contributed by atoms with E-state index in [0.717, 1.165) is 24.8 Å². The lowest BCUT2D eigenvalue weighted by molar-refractivity contribution is 0.185. The van der Waals surface area contributed by atoms with Gasteiger partial charge in [0.1, 0.15) is 0 Å². The smallest absolute Gasteiger partial charge is 0.186 e. The Morgan fingerprint density at radius 2 is 2.46 bits per heavy atom. The third kappa shape index (κ3) is 1.92. The van der Waals surface area contributed by atoms with Gasteiger partial charge >= 0.3 is 0 Å². The van der Waals surface area contributed by atoms with Gasteiger partial charge in [-0.25, -0.2) is 0 Å². The first kappa shape index (κ1) is 9.18. The fourth-order valence-electron chi connectivity index (χ4n) is 1.30. The summed E-state index contributed by atoms with van der Waals surface area (Å²) in [5, 5.41) is 3.69. The van der Waals surface area contributed by atoms with Crippen LogP contribution >= 0.6 is 23.3 Å². The van der Waals surface area contributed by atoms with E-state index in [1.165, 1.54) is 0 Å². The number of aromatic nitrogens is 2. The van der Waals surface area contributed by atoms with Crippen LogP contribution in [-0.2, 0) is 4.74 Å². The maximum Gasteiger partial charge on any atom is 0.186 e. The van der Waals surface area contributed by atoms with Crippen LogP contribution < -0.4 is 5.32 Å². The molecule has 1 N–H and O–H groups in total. The molecule has 1 aromatic rings. The molecule has 0 spiro atoms. The van der Waals surface area contributed by atoms with Crippen molar-refractivity contribution < 1.29 is 4.74 Å². The average molecular weight is 220 g/mol. The van der Waals surface area contributed by atoms with Gasteiger partial charge in [-0.05, 0) is 13.3 Å². The lowest BCUT2D eigenvalue weighted by Gasteiger charge is -2.22. The van der Waals surface area contributed by atoms with E-state index in [9.17, 15) is 0 Å². The lowest BCUT2D eigenvalue weighted by Crippen LogP contribution is -2.35. The van der Waals surface area contributed by atoms with E-state index in [1.807, 2.05) is 0 Å². The van der Waals surface area contributed by atoms with Gasteiger partial charge in [-0.1, -0.05) is 11.6 Å². The zero-order valence-corrected chi connectivity index (χ0v) is 8.78. The molecular weight excluding hydrogens is 210 g/mol. The number of halogens is 1. The summed E-state index contributed by atoms with van der Waals surface area (Å²) in [4.78, 5) is 0. The van der Waals surface area contributed by atoms with E-state index in [4.69, 9.17) is 16.3 Å². The first-order valence-corrected chi connectivity index (χ1v) is 5.14. The molecule has 1 saturated heterocycles. The summed E-state index contributed by atoms with van der Waals surface area (Å²) in [6, 6.07) is 0. The number of nitrogens with zero attached hydrogens (tertiary/aromatic N) is 2. The first-order valence-electron chi connectivity index (χ1n) is 4.04. The molecule has 1 atom stereocenters. The van der Waals surface area contributed by atoms with Gasteiger partial charge < -0.3 is 10.1 Å². The fraction of sp³-hybridized carbons (Fsp3) is 0.714. The molecule has 1 aromatic heterocycles. The number of nitrogens with one attached hydrogen (secondary N) is 1. The highest BCUT2D eigenvalue weighted by molar-refractivity contribution is 6.99. The van der Waals surface area contributed by atoms with Crippen LogP contribution in [0.4, 0.5) is 5.82 Å². The van der Waals surface area contributed by atoms with Crippen molar-refractivity contribution in [1.29, 1.82) is 0 Å². The van der Waals surface area contributed by atoms with Crippen molar-refractivity contribution in [3.8, 4) is 0 Å².